The Bertz CT molecular complexity index is 573. The molecule has 0 saturated carbocycles. The van der Waals surface area contributed by atoms with Gasteiger partial charge in [-0.2, -0.15) is 0 Å². The summed E-state index contributed by atoms with van der Waals surface area (Å²) in [5.41, 5.74) is 0.0111. The van der Waals surface area contributed by atoms with Crippen LogP contribution >= 0.6 is 11.3 Å². The molecular weight excluding hydrogens is 296 g/mol. The molecule has 1 unspecified atom stereocenters. The number of carbonyl (C=O) groups excluding carboxylic acids is 1. The largest absolute Gasteiger partial charge is 0.341 e. The molecule has 1 amide bonds. The summed E-state index contributed by atoms with van der Waals surface area (Å²) in [7, 11) is -3.50. The van der Waals surface area contributed by atoms with Crippen molar-refractivity contribution in [2.45, 2.75) is 37.4 Å². The van der Waals surface area contributed by atoms with Gasteiger partial charge in [0.25, 0.3) is 0 Å². The summed E-state index contributed by atoms with van der Waals surface area (Å²) in [6, 6.07) is 2.93. The first-order valence-electron chi connectivity index (χ1n) is 6.51. The van der Waals surface area contributed by atoms with Gasteiger partial charge in [0.05, 0.1) is 0 Å². The summed E-state index contributed by atoms with van der Waals surface area (Å²) in [6.45, 7) is 7.26. The van der Waals surface area contributed by atoms with Crippen molar-refractivity contribution in [2.24, 2.45) is 5.41 Å². The maximum Gasteiger partial charge on any atom is 0.250 e. The molecule has 1 N–H and O–H groups in total. The number of rotatable bonds is 4. The second-order valence-electron chi connectivity index (χ2n) is 6.29. The minimum Gasteiger partial charge on any atom is -0.341 e. The Kier molecular flexibility index (Phi) is 4.22. The molecule has 2 heterocycles. The van der Waals surface area contributed by atoms with Gasteiger partial charge in [0, 0.05) is 25.6 Å². The van der Waals surface area contributed by atoms with Crippen molar-refractivity contribution in [1.29, 1.82) is 0 Å². The average Bonchev–Trinajstić information content (AvgIpc) is 2.87. The van der Waals surface area contributed by atoms with E-state index in [1.165, 1.54) is 11.3 Å². The lowest BCUT2D eigenvalue weighted by Crippen LogP contribution is -2.38. The molecule has 0 aliphatic carbocycles. The zero-order valence-corrected chi connectivity index (χ0v) is 13.6. The number of nitrogens with zero attached hydrogens (tertiary/aromatic N) is 1. The van der Waals surface area contributed by atoms with Gasteiger partial charge in [0.1, 0.15) is 4.21 Å². The molecule has 1 fully saturated rings. The molecule has 0 spiro atoms. The van der Waals surface area contributed by atoms with Crippen molar-refractivity contribution < 1.29 is 13.2 Å². The Labute approximate surface area is 124 Å². The first-order chi connectivity index (χ1) is 9.17. The minimum absolute atomic E-state index is 0.0111. The molecule has 1 aliphatic rings. The summed E-state index contributed by atoms with van der Waals surface area (Å²) < 4.78 is 27.1. The molecule has 0 aromatic carbocycles. The van der Waals surface area contributed by atoms with Crippen LogP contribution in [-0.4, -0.2) is 38.4 Å². The predicted octanol–water partition coefficient (Wildman–Crippen LogP) is 1.67. The van der Waals surface area contributed by atoms with E-state index in [2.05, 4.69) is 25.5 Å². The normalized spacial score (nSPS) is 20.6. The fraction of sp³-hybridized carbons (Fsp3) is 0.615. The van der Waals surface area contributed by atoms with E-state index in [0.29, 0.717) is 17.3 Å². The maximum atomic E-state index is 12.1. The van der Waals surface area contributed by atoms with Gasteiger partial charge >= 0.3 is 0 Å². The van der Waals surface area contributed by atoms with Crippen LogP contribution in [0.4, 0.5) is 0 Å². The molecule has 1 aliphatic heterocycles. The molecule has 5 nitrogen and oxygen atoms in total. The maximum absolute atomic E-state index is 12.1. The van der Waals surface area contributed by atoms with Gasteiger partial charge < -0.3 is 4.90 Å². The van der Waals surface area contributed by atoms with Crippen molar-refractivity contribution >= 4 is 27.3 Å². The quantitative estimate of drug-likeness (QED) is 0.919. The van der Waals surface area contributed by atoms with Gasteiger partial charge in [-0.25, -0.2) is 13.1 Å². The molecule has 0 radical (unpaired) electrons. The average molecular weight is 316 g/mol. The fourth-order valence-corrected chi connectivity index (χ4v) is 4.51. The zero-order valence-electron chi connectivity index (χ0n) is 11.9. The Balaban J connectivity index is 2.01. The highest BCUT2D eigenvalue weighted by atomic mass is 32.2. The van der Waals surface area contributed by atoms with Crippen LogP contribution in [0.15, 0.2) is 21.7 Å². The lowest BCUT2D eigenvalue weighted by molar-refractivity contribution is -0.128. The number of carbonyl (C=O) groups is 1. The van der Waals surface area contributed by atoms with Gasteiger partial charge in [-0.05, 0) is 16.9 Å². The number of nitrogens with one attached hydrogen (secondary N) is 1. The monoisotopic (exact) mass is 316 g/mol. The molecule has 1 aromatic heterocycles. The number of amides is 1. The van der Waals surface area contributed by atoms with E-state index < -0.39 is 10.0 Å². The molecule has 7 heteroatoms. The van der Waals surface area contributed by atoms with Gasteiger partial charge in [-0.15, -0.1) is 11.3 Å². The smallest absolute Gasteiger partial charge is 0.250 e. The van der Waals surface area contributed by atoms with Crippen molar-refractivity contribution in [1.82, 2.24) is 9.62 Å². The van der Waals surface area contributed by atoms with Crippen LogP contribution in [0, 0.1) is 5.41 Å². The van der Waals surface area contributed by atoms with Crippen LogP contribution in [0.1, 0.15) is 27.2 Å². The third-order valence-electron chi connectivity index (χ3n) is 2.96. The Morgan fingerprint density at radius 2 is 2.15 bits per heavy atom. The van der Waals surface area contributed by atoms with Gasteiger partial charge in [0.15, 0.2) is 0 Å². The minimum atomic E-state index is -3.50. The van der Waals surface area contributed by atoms with Crippen molar-refractivity contribution in [3.05, 3.63) is 17.5 Å². The summed E-state index contributed by atoms with van der Waals surface area (Å²) in [5, 5.41) is 1.72. The van der Waals surface area contributed by atoms with E-state index in [4.69, 9.17) is 0 Å². The summed E-state index contributed by atoms with van der Waals surface area (Å²) in [5.74, 6) is 0.0128. The lowest BCUT2D eigenvalue weighted by atomic mass is 9.96. The van der Waals surface area contributed by atoms with Crippen LogP contribution in [0.2, 0.25) is 0 Å². The Hall–Kier alpha value is -0.920. The third-order valence-corrected chi connectivity index (χ3v) is 5.88. The number of likely N-dealkylation sites (tertiary alicyclic amines) is 1. The first-order valence-corrected chi connectivity index (χ1v) is 8.87. The highest BCUT2D eigenvalue weighted by Crippen LogP contribution is 2.22. The van der Waals surface area contributed by atoms with Crippen molar-refractivity contribution in [3.8, 4) is 0 Å². The molecule has 1 atom stereocenters. The second kappa shape index (κ2) is 5.46. The van der Waals surface area contributed by atoms with Crippen molar-refractivity contribution in [2.75, 3.05) is 13.1 Å². The van der Waals surface area contributed by atoms with Gasteiger partial charge in [-0.3, -0.25) is 4.79 Å². The third kappa shape index (κ3) is 3.80. The van der Waals surface area contributed by atoms with Crippen LogP contribution < -0.4 is 4.72 Å². The van der Waals surface area contributed by atoms with E-state index in [1.54, 1.807) is 22.4 Å². The number of hydrogen-bond acceptors (Lipinski definition) is 4. The fourth-order valence-electron chi connectivity index (χ4n) is 2.27. The Morgan fingerprint density at radius 3 is 2.70 bits per heavy atom. The van der Waals surface area contributed by atoms with Crippen LogP contribution in [0.25, 0.3) is 0 Å². The molecular formula is C13H20N2O3S2. The topological polar surface area (TPSA) is 66.5 Å². The first kappa shape index (κ1) is 15.5. The van der Waals surface area contributed by atoms with E-state index in [0.717, 1.165) is 0 Å². The SMILES string of the molecule is CC(C)(C)CN1CC(NS(=O)(=O)c2cccs2)CC1=O. The summed E-state index contributed by atoms with van der Waals surface area (Å²) >= 11 is 1.18. The number of hydrogen-bond donors (Lipinski definition) is 1. The molecule has 0 bridgehead atoms. The highest BCUT2D eigenvalue weighted by molar-refractivity contribution is 7.91. The number of sulfonamides is 1. The zero-order chi connectivity index (χ0) is 15.0. The van der Waals surface area contributed by atoms with E-state index in [9.17, 15) is 13.2 Å². The van der Waals surface area contributed by atoms with Crippen LogP contribution in [0.3, 0.4) is 0 Å². The van der Waals surface area contributed by atoms with Crippen LogP contribution in [-0.2, 0) is 14.8 Å². The second-order valence-corrected chi connectivity index (χ2v) is 9.18. The molecule has 20 heavy (non-hydrogen) atoms. The van der Waals surface area contributed by atoms with E-state index in [-0.39, 0.29) is 23.8 Å². The molecule has 1 aromatic rings. The number of thiophene rings is 1. The van der Waals surface area contributed by atoms with Crippen molar-refractivity contribution in [3.63, 3.8) is 0 Å². The molecule has 1 saturated heterocycles. The summed E-state index contributed by atoms with van der Waals surface area (Å²) in [4.78, 5) is 13.7. The Morgan fingerprint density at radius 1 is 1.45 bits per heavy atom. The van der Waals surface area contributed by atoms with Gasteiger partial charge in [0.2, 0.25) is 15.9 Å². The lowest BCUT2D eigenvalue weighted by Gasteiger charge is -2.26. The standard InChI is InChI=1S/C13H20N2O3S2/c1-13(2,3)9-15-8-10(7-11(15)16)14-20(17,18)12-5-4-6-19-12/h4-6,10,14H,7-9H2,1-3H3. The molecule has 2 rings (SSSR count). The van der Waals surface area contributed by atoms with Gasteiger partial charge in [-0.1, -0.05) is 26.8 Å². The van der Waals surface area contributed by atoms with E-state index in [1.807, 2.05) is 0 Å². The predicted molar refractivity (Wildman–Crippen MR) is 79.1 cm³/mol. The summed E-state index contributed by atoms with van der Waals surface area (Å²) in [6.07, 6.45) is 0.237. The molecule has 112 valence electrons. The highest BCUT2D eigenvalue weighted by Gasteiger charge is 2.34. The van der Waals surface area contributed by atoms with Crippen LogP contribution in [0.5, 0.6) is 0 Å². The van der Waals surface area contributed by atoms with E-state index >= 15 is 0 Å².